The summed E-state index contributed by atoms with van der Waals surface area (Å²) in [5.41, 5.74) is 10.6. The molecule has 0 aromatic heterocycles. The zero-order valence-corrected chi connectivity index (χ0v) is 27.4. The van der Waals surface area contributed by atoms with E-state index in [4.69, 9.17) is 14.9 Å². The molecule has 1 atom stereocenters. The van der Waals surface area contributed by atoms with Gasteiger partial charge in [-0.05, 0) is 99.8 Å². The van der Waals surface area contributed by atoms with Gasteiger partial charge < -0.3 is 14.9 Å². The topological polar surface area (TPSA) is 78.6 Å². The molecule has 0 fully saturated rings. The standard InChI is InChI=1S/C33H51NO4Si/c1-22-19-23(2)28(33(9,10)17-18-37-39(11,12)32(6,7)8)26(20-22)29(35)27(34)21-24-15-13-14-16-25(24)30(36)38-31(3,4)5/h13-16,19-20,27H,17-18,21,34H2,1-12H3/t27-/m0/s1. The van der Waals surface area contributed by atoms with Gasteiger partial charge in [0.1, 0.15) is 5.60 Å². The molecule has 0 saturated heterocycles. The van der Waals surface area contributed by atoms with E-state index < -0.39 is 25.9 Å². The number of aryl methyl sites for hydroxylation is 2. The molecule has 5 nitrogen and oxygen atoms in total. The van der Waals surface area contributed by atoms with Crippen LogP contribution in [0.2, 0.25) is 18.1 Å². The van der Waals surface area contributed by atoms with Crippen LogP contribution in [0.3, 0.4) is 0 Å². The number of esters is 1. The third kappa shape index (κ3) is 8.60. The second-order valence-electron chi connectivity index (χ2n) is 14.1. The van der Waals surface area contributed by atoms with E-state index in [2.05, 4.69) is 60.7 Å². The van der Waals surface area contributed by atoms with Gasteiger partial charge in [-0.25, -0.2) is 4.79 Å². The smallest absolute Gasteiger partial charge is 0.338 e. The van der Waals surface area contributed by atoms with Crippen molar-refractivity contribution in [3.8, 4) is 0 Å². The van der Waals surface area contributed by atoms with E-state index in [0.29, 0.717) is 23.3 Å². The molecule has 2 N–H and O–H groups in total. The Morgan fingerprint density at radius 3 is 2.08 bits per heavy atom. The first-order valence-electron chi connectivity index (χ1n) is 14.0. The van der Waals surface area contributed by atoms with Gasteiger partial charge in [-0.15, -0.1) is 0 Å². The highest BCUT2D eigenvalue weighted by molar-refractivity contribution is 6.74. The zero-order chi connectivity index (χ0) is 30.0. The lowest BCUT2D eigenvalue weighted by Crippen LogP contribution is -2.42. The number of carbonyl (C=O) groups excluding carboxylic acids is 2. The molecule has 0 saturated carbocycles. The fourth-order valence-electron chi connectivity index (χ4n) is 4.72. The van der Waals surface area contributed by atoms with Gasteiger partial charge in [-0.3, -0.25) is 4.79 Å². The van der Waals surface area contributed by atoms with Gasteiger partial charge in [-0.2, -0.15) is 0 Å². The zero-order valence-electron chi connectivity index (χ0n) is 26.4. The minimum absolute atomic E-state index is 0.116. The Hall–Kier alpha value is -2.28. The van der Waals surface area contributed by atoms with Crippen molar-refractivity contribution < 1.29 is 18.8 Å². The maximum Gasteiger partial charge on any atom is 0.338 e. The van der Waals surface area contributed by atoms with Gasteiger partial charge in [0.25, 0.3) is 0 Å². The van der Waals surface area contributed by atoms with Crippen LogP contribution >= 0.6 is 0 Å². The van der Waals surface area contributed by atoms with Gasteiger partial charge in [0.05, 0.1) is 11.6 Å². The van der Waals surface area contributed by atoms with E-state index in [9.17, 15) is 9.59 Å². The fourth-order valence-corrected chi connectivity index (χ4v) is 5.77. The van der Waals surface area contributed by atoms with E-state index in [1.54, 1.807) is 12.1 Å². The molecule has 0 bridgehead atoms. The number of hydrogen-bond donors (Lipinski definition) is 1. The van der Waals surface area contributed by atoms with Crippen molar-refractivity contribution in [2.45, 2.75) is 117 Å². The first-order chi connectivity index (χ1) is 17.7. The molecule has 2 aromatic rings. The quantitative estimate of drug-likeness (QED) is 0.185. The normalized spacial score (nSPS) is 13.8. The molecule has 216 valence electrons. The van der Waals surface area contributed by atoms with Crippen LogP contribution in [0.1, 0.15) is 105 Å². The molecule has 0 spiro atoms. The van der Waals surface area contributed by atoms with Crippen LogP contribution in [0, 0.1) is 13.8 Å². The Balaban J connectivity index is 2.36. The number of rotatable bonds is 10. The van der Waals surface area contributed by atoms with E-state index in [0.717, 1.165) is 23.1 Å². The summed E-state index contributed by atoms with van der Waals surface area (Å²) in [6.07, 6.45) is 1.04. The molecular weight excluding hydrogens is 502 g/mol. The van der Waals surface area contributed by atoms with Crippen molar-refractivity contribution in [3.63, 3.8) is 0 Å². The highest BCUT2D eigenvalue weighted by atomic mass is 28.4. The number of ether oxygens (including phenoxy) is 1. The van der Waals surface area contributed by atoms with Gasteiger partial charge >= 0.3 is 5.97 Å². The van der Waals surface area contributed by atoms with Crippen LogP contribution in [0.15, 0.2) is 36.4 Å². The summed E-state index contributed by atoms with van der Waals surface area (Å²) in [5, 5.41) is 0.139. The van der Waals surface area contributed by atoms with Crippen LogP contribution in [0.25, 0.3) is 0 Å². The largest absolute Gasteiger partial charge is 0.456 e. The molecule has 0 unspecified atom stereocenters. The molecule has 0 amide bonds. The first kappa shape index (κ1) is 32.9. The molecule has 2 rings (SSSR count). The molecule has 2 aromatic carbocycles. The monoisotopic (exact) mass is 553 g/mol. The van der Waals surface area contributed by atoms with Gasteiger partial charge in [-0.1, -0.05) is 64.4 Å². The highest BCUT2D eigenvalue weighted by Crippen LogP contribution is 2.39. The Labute approximate surface area is 238 Å². The van der Waals surface area contributed by atoms with Crippen LogP contribution in [-0.4, -0.2) is 38.3 Å². The Bertz CT molecular complexity index is 1190. The number of ketones is 1. The maximum atomic E-state index is 13.9. The van der Waals surface area contributed by atoms with Crippen molar-refractivity contribution in [1.29, 1.82) is 0 Å². The molecular formula is C33H51NO4Si. The summed E-state index contributed by atoms with van der Waals surface area (Å²) in [6.45, 7) is 25.8. The lowest BCUT2D eigenvalue weighted by Gasteiger charge is -2.38. The number of hydrogen-bond acceptors (Lipinski definition) is 5. The molecule has 39 heavy (non-hydrogen) atoms. The Morgan fingerprint density at radius 1 is 0.923 bits per heavy atom. The predicted octanol–water partition coefficient (Wildman–Crippen LogP) is 7.70. The van der Waals surface area contributed by atoms with E-state index >= 15 is 0 Å². The average molecular weight is 554 g/mol. The van der Waals surface area contributed by atoms with Gasteiger partial charge in [0, 0.05) is 12.2 Å². The third-order valence-corrected chi connectivity index (χ3v) is 12.4. The summed E-state index contributed by atoms with van der Waals surface area (Å²) in [4.78, 5) is 26.8. The van der Waals surface area contributed by atoms with E-state index in [1.807, 2.05) is 45.9 Å². The van der Waals surface area contributed by atoms with Crippen molar-refractivity contribution >= 4 is 20.1 Å². The van der Waals surface area contributed by atoms with Crippen LogP contribution < -0.4 is 5.73 Å². The SMILES string of the molecule is Cc1cc(C)c(C(C)(C)CCO[Si](C)(C)C(C)(C)C)c(C(=O)[C@@H](N)Cc2ccccc2C(=O)OC(C)(C)C)c1. The van der Waals surface area contributed by atoms with Crippen molar-refractivity contribution in [2.75, 3.05) is 6.61 Å². The predicted molar refractivity (Wildman–Crippen MR) is 164 cm³/mol. The lowest BCUT2D eigenvalue weighted by atomic mass is 9.75. The van der Waals surface area contributed by atoms with Gasteiger partial charge in [0.2, 0.25) is 0 Å². The van der Waals surface area contributed by atoms with E-state index in [1.165, 1.54) is 0 Å². The minimum atomic E-state index is -1.88. The first-order valence-corrected chi connectivity index (χ1v) is 16.9. The molecule has 0 aliphatic rings. The van der Waals surface area contributed by atoms with Crippen molar-refractivity contribution in [3.05, 3.63) is 69.8 Å². The number of benzene rings is 2. The van der Waals surface area contributed by atoms with Crippen LogP contribution in [-0.2, 0) is 21.0 Å². The Kier molecular flexibility index (Phi) is 10.2. The molecule has 0 radical (unpaired) electrons. The number of Topliss-reactive ketones (excluding diaryl/α,β-unsaturated/α-hetero) is 1. The van der Waals surface area contributed by atoms with E-state index in [-0.39, 0.29) is 22.7 Å². The number of carbonyl (C=O) groups is 2. The fraction of sp³-hybridized carbons (Fsp3) is 0.576. The minimum Gasteiger partial charge on any atom is -0.456 e. The summed E-state index contributed by atoms with van der Waals surface area (Å²) in [5.74, 6) is -0.526. The molecule has 0 aliphatic carbocycles. The van der Waals surface area contributed by atoms with Gasteiger partial charge in [0.15, 0.2) is 14.1 Å². The molecule has 0 aliphatic heterocycles. The maximum absolute atomic E-state index is 13.9. The average Bonchev–Trinajstić information content (AvgIpc) is 2.75. The lowest BCUT2D eigenvalue weighted by molar-refractivity contribution is 0.00680. The van der Waals surface area contributed by atoms with Crippen molar-refractivity contribution in [1.82, 2.24) is 0 Å². The second kappa shape index (κ2) is 12.1. The number of nitrogens with two attached hydrogens (primary N) is 1. The highest BCUT2D eigenvalue weighted by Gasteiger charge is 2.38. The Morgan fingerprint density at radius 2 is 1.51 bits per heavy atom. The summed E-state index contributed by atoms with van der Waals surface area (Å²) in [6, 6.07) is 10.5. The summed E-state index contributed by atoms with van der Waals surface area (Å²) < 4.78 is 12.1. The molecule has 6 heteroatoms. The van der Waals surface area contributed by atoms with Crippen LogP contribution in [0.4, 0.5) is 0 Å². The summed E-state index contributed by atoms with van der Waals surface area (Å²) >= 11 is 0. The van der Waals surface area contributed by atoms with Crippen molar-refractivity contribution in [2.24, 2.45) is 5.73 Å². The van der Waals surface area contributed by atoms with Crippen LogP contribution in [0.5, 0.6) is 0 Å². The second-order valence-corrected chi connectivity index (χ2v) is 18.9. The third-order valence-electron chi connectivity index (χ3n) is 7.83. The molecule has 0 heterocycles. The summed E-state index contributed by atoms with van der Waals surface area (Å²) in [7, 11) is -1.88.